The number of benzene rings is 1. The van der Waals surface area contributed by atoms with Crippen molar-refractivity contribution in [3.63, 3.8) is 0 Å². The average molecular weight is 202 g/mol. The number of alkyl halides is 3. The predicted molar refractivity (Wildman–Crippen MR) is 50.2 cm³/mol. The van der Waals surface area contributed by atoms with Crippen molar-refractivity contribution >= 4 is 0 Å². The first-order valence-electron chi connectivity index (χ1n) is 4.62. The van der Waals surface area contributed by atoms with Crippen LogP contribution in [0.4, 0.5) is 13.2 Å². The van der Waals surface area contributed by atoms with E-state index in [0.29, 0.717) is 0 Å². The van der Waals surface area contributed by atoms with Gasteiger partial charge in [0, 0.05) is 0 Å². The lowest BCUT2D eigenvalue weighted by molar-refractivity contribution is -0.137. The van der Waals surface area contributed by atoms with E-state index in [2.05, 4.69) is 0 Å². The fraction of sp³-hybridized carbons (Fsp3) is 0.455. The molecule has 1 aromatic carbocycles. The van der Waals surface area contributed by atoms with Gasteiger partial charge in [-0.3, -0.25) is 0 Å². The lowest BCUT2D eigenvalue weighted by Crippen LogP contribution is -2.05. The van der Waals surface area contributed by atoms with Crippen LogP contribution in [0.1, 0.15) is 37.3 Å². The third-order valence-corrected chi connectivity index (χ3v) is 2.40. The van der Waals surface area contributed by atoms with Gasteiger partial charge >= 0.3 is 6.18 Å². The SMILES string of the molecule is CC[C@@H](C)c1cccc(C(F)(F)F)c1. The Hall–Kier alpha value is -0.990. The molecule has 0 fully saturated rings. The highest BCUT2D eigenvalue weighted by Crippen LogP contribution is 2.31. The summed E-state index contributed by atoms with van der Waals surface area (Å²) < 4.78 is 37.0. The van der Waals surface area contributed by atoms with Gasteiger partial charge in [-0.1, -0.05) is 32.0 Å². The highest BCUT2D eigenvalue weighted by atomic mass is 19.4. The van der Waals surface area contributed by atoms with Gasteiger partial charge in [-0.25, -0.2) is 0 Å². The van der Waals surface area contributed by atoms with Crippen LogP contribution in [-0.2, 0) is 6.18 Å². The molecule has 0 aliphatic rings. The molecule has 1 rings (SSSR count). The van der Waals surface area contributed by atoms with Crippen LogP contribution < -0.4 is 0 Å². The fourth-order valence-electron chi connectivity index (χ4n) is 1.26. The summed E-state index contributed by atoms with van der Waals surface area (Å²) in [6.45, 7) is 3.89. The first-order chi connectivity index (χ1) is 6.45. The Bertz CT molecular complexity index is 302. The molecule has 0 heterocycles. The molecular formula is C11H13F3. The zero-order chi connectivity index (χ0) is 10.8. The summed E-state index contributed by atoms with van der Waals surface area (Å²) >= 11 is 0. The molecule has 1 atom stereocenters. The van der Waals surface area contributed by atoms with Crippen molar-refractivity contribution < 1.29 is 13.2 Å². The summed E-state index contributed by atoms with van der Waals surface area (Å²) in [5.74, 6) is 0.178. The molecule has 0 aromatic heterocycles. The van der Waals surface area contributed by atoms with Gasteiger partial charge in [0.2, 0.25) is 0 Å². The Labute approximate surface area is 81.8 Å². The van der Waals surface area contributed by atoms with Gasteiger partial charge in [0.15, 0.2) is 0 Å². The second-order valence-corrected chi connectivity index (χ2v) is 3.43. The second-order valence-electron chi connectivity index (χ2n) is 3.43. The Balaban J connectivity index is 3.01. The molecular weight excluding hydrogens is 189 g/mol. The molecule has 0 radical (unpaired) electrons. The molecule has 0 aliphatic heterocycles. The molecule has 0 spiro atoms. The van der Waals surface area contributed by atoms with Crippen LogP contribution in [0.25, 0.3) is 0 Å². The molecule has 3 heteroatoms. The maximum atomic E-state index is 12.3. The molecule has 0 amide bonds. The van der Waals surface area contributed by atoms with E-state index in [4.69, 9.17) is 0 Å². The molecule has 0 nitrogen and oxygen atoms in total. The van der Waals surface area contributed by atoms with Crippen molar-refractivity contribution in [2.45, 2.75) is 32.4 Å². The summed E-state index contributed by atoms with van der Waals surface area (Å²) in [6, 6.07) is 5.54. The predicted octanol–water partition coefficient (Wildman–Crippen LogP) is 4.22. The minimum absolute atomic E-state index is 0.178. The number of hydrogen-bond acceptors (Lipinski definition) is 0. The van der Waals surface area contributed by atoms with E-state index < -0.39 is 11.7 Å². The van der Waals surface area contributed by atoms with Crippen LogP contribution >= 0.6 is 0 Å². The first kappa shape index (κ1) is 11.1. The Morgan fingerprint density at radius 2 is 1.93 bits per heavy atom. The van der Waals surface area contributed by atoms with Gasteiger partial charge in [0.25, 0.3) is 0 Å². The molecule has 0 aliphatic carbocycles. The molecule has 0 bridgehead atoms. The molecule has 0 saturated carbocycles. The van der Waals surface area contributed by atoms with Crippen molar-refractivity contribution in [2.24, 2.45) is 0 Å². The summed E-state index contributed by atoms with van der Waals surface area (Å²) in [7, 11) is 0. The summed E-state index contributed by atoms with van der Waals surface area (Å²) in [5, 5.41) is 0. The average Bonchev–Trinajstić information content (AvgIpc) is 2.15. The van der Waals surface area contributed by atoms with Crippen LogP contribution in [0.15, 0.2) is 24.3 Å². The Morgan fingerprint density at radius 3 is 2.43 bits per heavy atom. The number of halogens is 3. The summed E-state index contributed by atoms with van der Waals surface area (Å²) in [5.41, 5.74) is 0.192. The van der Waals surface area contributed by atoms with E-state index in [9.17, 15) is 13.2 Å². The fourth-order valence-corrected chi connectivity index (χ4v) is 1.26. The van der Waals surface area contributed by atoms with Crippen molar-refractivity contribution in [1.82, 2.24) is 0 Å². The normalized spacial score (nSPS) is 14.1. The van der Waals surface area contributed by atoms with Gasteiger partial charge in [0.05, 0.1) is 5.56 Å². The largest absolute Gasteiger partial charge is 0.416 e. The zero-order valence-corrected chi connectivity index (χ0v) is 8.23. The highest BCUT2D eigenvalue weighted by molar-refractivity contribution is 5.27. The van der Waals surface area contributed by atoms with E-state index in [-0.39, 0.29) is 5.92 Å². The van der Waals surface area contributed by atoms with Crippen LogP contribution in [0.3, 0.4) is 0 Å². The first-order valence-corrected chi connectivity index (χ1v) is 4.62. The number of hydrogen-bond donors (Lipinski definition) is 0. The lowest BCUT2D eigenvalue weighted by atomic mass is 9.97. The zero-order valence-electron chi connectivity index (χ0n) is 8.23. The van der Waals surface area contributed by atoms with Crippen LogP contribution in [0.2, 0.25) is 0 Å². The topological polar surface area (TPSA) is 0 Å². The minimum atomic E-state index is -4.23. The molecule has 78 valence electrons. The van der Waals surface area contributed by atoms with Crippen molar-refractivity contribution in [3.8, 4) is 0 Å². The Morgan fingerprint density at radius 1 is 1.29 bits per heavy atom. The van der Waals surface area contributed by atoms with Crippen molar-refractivity contribution in [2.75, 3.05) is 0 Å². The molecule has 14 heavy (non-hydrogen) atoms. The van der Waals surface area contributed by atoms with Crippen molar-refractivity contribution in [3.05, 3.63) is 35.4 Å². The monoisotopic (exact) mass is 202 g/mol. The van der Waals surface area contributed by atoms with Gasteiger partial charge in [-0.05, 0) is 24.0 Å². The van der Waals surface area contributed by atoms with Gasteiger partial charge < -0.3 is 0 Å². The van der Waals surface area contributed by atoms with E-state index >= 15 is 0 Å². The lowest BCUT2D eigenvalue weighted by Gasteiger charge is -2.12. The smallest absolute Gasteiger partial charge is 0.166 e. The Kier molecular flexibility index (Phi) is 3.19. The van der Waals surface area contributed by atoms with E-state index in [0.717, 1.165) is 18.1 Å². The quantitative estimate of drug-likeness (QED) is 0.673. The van der Waals surface area contributed by atoms with Crippen LogP contribution in [0.5, 0.6) is 0 Å². The third-order valence-electron chi connectivity index (χ3n) is 2.40. The standard InChI is InChI=1S/C11H13F3/c1-3-8(2)9-5-4-6-10(7-9)11(12,13)14/h4-8H,3H2,1-2H3/t8-/m1/s1. The van der Waals surface area contributed by atoms with Gasteiger partial charge in [0.1, 0.15) is 0 Å². The van der Waals surface area contributed by atoms with Gasteiger partial charge in [-0.2, -0.15) is 13.2 Å². The summed E-state index contributed by atoms with van der Waals surface area (Å²) in [4.78, 5) is 0. The molecule has 0 N–H and O–H groups in total. The molecule has 0 saturated heterocycles. The van der Waals surface area contributed by atoms with Crippen LogP contribution in [0, 0.1) is 0 Å². The maximum Gasteiger partial charge on any atom is 0.416 e. The minimum Gasteiger partial charge on any atom is -0.166 e. The van der Waals surface area contributed by atoms with Gasteiger partial charge in [-0.15, -0.1) is 0 Å². The number of rotatable bonds is 2. The highest BCUT2D eigenvalue weighted by Gasteiger charge is 2.30. The van der Waals surface area contributed by atoms with Crippen molar-refractivity contribution in [1.29, 1.82) is 0 Å². The van der Waals surface area contributed by atoms with E-state index in [1.54, 1.807) is 6.07 Å². The van der Waals surface area contributed by atoms with Crippen LogP contribution in [-0.4, -0.2) is 0 Å². The third kappa shape index (κ3) is 2.50. The summed E-state index contributed by atoms with van der Waals surface area (Å²) in [6.07, 6.45) is -3.38. The maximum absolute atomic E-state index is 12.3. The van der Waals surface area contributed by atoms with E-state index in [1.807, 2.05) is 13.8 Å². The van der Waals surface area contributed by atoms with E-state index in [1.165, 1.54) is 12.1 Å². The molecule has 0 unspecified atom stereocenters. The molecule has 1 aromatic rings. The second kappa shape index (κ2) is 4.03.